The zero-order chi connectivity index (χ0) is 9.84. The van der Waals surface area contributed by atoms with E-state index in [-0.39, 0.29) is 5.82 Å². The van der Waals surface area contributed by atoms with Gasteiger partial charge in [-0.05, 0) is 30.0 Å². The summed E-state index contributed by atoms with van der Waals surface area (Å²) in [4.78, 5) is 0. The second-order valence-electron chi connectivity index (χ2n) is 3.66. The van der Waals surface area contributed by atoms with Gasteiger partial charge in [0.2, 0.25) is 0 Å². The number of nitrogens with one attached hydrogen (secondary N) is 1. The lowest BCUT2D eigenvalue weighted by atomic mass is 10.0. The molecule has 0 amide bonds. The van der Waals surface area contributed by atoms with Crippen LogP contribution in [-0.4, -0.2) is 7.05 Å². The molecule has 0 radical (unpaired) electrons. The summed E-state index contributed by atoms with van der Waals surface area (Å²) >= 11 is 0. The summed E-state index contributed by atoms with van der Waals surface area (Å²) < 4.78 is 13.0. The molecule has 0 saturated heterocycles. The van der Waals surface area contributed by atoms with Crippen molar-refractivity contribution in [3.8, 4) is 0 Å². The van der Waals surface area contributed by atoms with Gasteiger partial charge in [-0.15, -0.1) is 0 Å². The minimum atomic E-state index is -0.185. The molecule has 0 fully saturated rings. The first-order valence-electron chi connectivity index (χ1n) is 4.59. The van der Waals surface area contributed by atoms with Gasteiger partial charge in [-0.2, -0.15) is 0 Å². The summed E-state index contributed by atoms with van der Waals surface area (Å²) in [5, 5.41) is 2.83. The Hall–Kier alpha value is -1.05. The molecule has 0 unspecified atom stereocenters. The number of rotatable bonds is 3. The highest BCUT2D eigenvalue weighted by molar-refractivity contribution is 5.46. The zero-order valence-corrected chi connectivity index (χ0v) is 8.39. The number of benzene rings is 1. The summed E-state index contributed by atoms with van der Waals surface area (Å²) in [6, 6.07) is 5.23. The van der Waals surface area contributed by atoms with Crippen LogP contribution in [0.4, 0.5) is 10.1 Å². The van der Waals surface area contributed by atoms with Crippen LogP contribution >= 0.6 is 0 Å². The predicted octanol–water partition coefficient (Wildman–Crippen LogP) is 3.07. The van der Waals surface area contributed by atoms with Gasteiger partial charge in [0, 0.05) is 7.05 Å². The fraction of sp³-hybridized carbons (Fsp3) is 0.455. The van der Waals surface area contributed by atoms with Gasteiger partial charge >= 0.3 is 0 Å². The summed E-state index contributed by atoms with van der Waals surface area (Å²) in [5.41, 5.74) is 1.76. The van der Waals surface area contributed by atoms with Gasteiger partial charge in [0.25, 0.3) is 0 Å². The maximum atomic E-state index is 13.0. The van der Waals surface area contributed by atoms with E-state index in [9.17, 15) is 4.39 Å². The Morgan fingerprint density at radius 3 is 2.62 bits per heavy atom. The van der Waals surface area contributed by atoms with E-state index in [0.29, 0.717) is 11.6 Å². The van der Waals surface area contributed by atoms with E-state index in [1.165, 1.54) is 11.6 Å². The van der Waals surface area contributed by atoms with Crippen LogP contribution in [0.1, 0.15) is 19.4 Å². The lowest BCUT2D eigenvalue weighted by Gasteiger charge is -2.07. The molecule has 0 saturated carbocycles. The van der Waals surface area contributed by atoms with Crippen LogP contribution in [0, 0.1) is 11.7 Å². The van der Waals surface area contributed by atoms with E-state index >= 15 is 0 Å². The highest BCUT2D eigenvalue weighted by Crippen LogP contribution is 2.17. The number of halogens is 1. The normalized spacial score (nSPS) is 10.5. The molecule has 0 bridgehead atoms. The molecule has 1 aromatic carbocycles. The average molecular weight is 181 g/mol. The fourth-order valence-electron chi connectivity index (χ4n) is 1.36. The molecule has 0 heterocycles. The van der Waals surface area contributed by atoms with Crippen molar-refractivity contribution < 1.29 is 4.39 Å². The van der Waals surface area contributed by atoms with E-state index < -0.39 is 0 Å². The molecular formula is C11H16FN. The first-order chi connectivity index (χ1) is 6.13. The van der Waals surface area contributed by atoms with E-state index in [1.54, 1.807) is 7.05 Å². The molecular weight excluding hydrogens is 165 g/mol. The van der Waals surface area contributed by atoms with Gasteiger partial charge in [-0.3, -0.25) is 0 Å². The first kappa shape index (κ1) is 10.0. The van der Waals surface area contributed by atoms with Crippen molar-refractivity contribution >= 4 is 5.69 Å². The van der Waals surface area contributed by atoms with E-state index in [2.05, 4.69) is 19.2 Å². The maximum Gasteiger partial charge on any atom is 0.146 e. The van der Waals surface area contributed by atoms with Gasteiger partial charge in [0.15, 0.2) is 0 Å². The van der Waals surface area contributed by atoms with Gasteiger partial charge in [0.05, 0.1) is 5.69 Å². The molecule has 0 spiro atoms. The topological polar surface area (TPSA) is 12.0 Å². The Labute approximate surface area is 79.0 Å². The van der Waals surface area contributed by atoms with Crippen LogP contribution in [0.2, 0.25) is 0 Å². The third-order valence-corrected chi connectivity index (χ3v) is 1.94. The lowest BCUT2D eigenvalue weighted by Crippen LogP contribution is -1.98. The van der Waals surface area contributed by atoms with Crippen LogP contribution in [-0.2, 0) is 6.42 Å². The molecule has 0 aliphatic heterocycles. The van der Waals surface area contributed by atoms with Crippen molar-refractivity contribution in [3.05, 3.63) is 29.6 Å². The Balaban J connectivity index is 2.86. The smallest absolute Gasteiger partial charge is 0.146 e. The highest BCUT2D eigenvalue weighted by atomic mass is 19.1. The molecule has 1 N–H and O–H groups in total. The zero-order valence-electron chi connectivity index (χ0n) is 8.39. The molecule has 0 aliphatic carbocycles. The molecule has 1 rings (SSSR count). The molecule has 2 heteroatoms. The average Bonchev–Trinajstić information content (AvgIpc) is 2.07. The second kappa shape index (κ2) is 4.26. The Bertz CT molecular complexity index is 281. The third kappa shape index (κ3) is 2.72. The minimum absolute atomic E-state index is 0.185. The molecule has 72 valence electrons. The molecule has 1 nitrogen and oxygen atoms in total. The molecule has 0 atom stereocenters. The molecule has 1 aromatic rings. The van der Waals surface area contributed by atoms with Gasteiger partial charge in [-0.25, -0.2) is 4.39 Å². The lowest BCUT2D eigenvalue weighted by molar-refractivity contribution is 0.623. The Morgan fingerprint density at radius 2 is 2.08 bits per heavy atom. The summed E-state index contributed by atoms with van der Waals surface area (Å²) in [6.07, 6.45) is 0.995. The van der Waals surface area contributed by atoms with Gasteiger partial charge in [0.1, 0.15) is 5.82 Å². The number of hydrogen-bond donors (Lipinski definition) is 1. The minimum Gasteiger partial charge on any atom is -0.386 e. The number of anilines is 1. The van der Waals surface area contributed by atoms with Crippen molar-refractivity contribution in [2.45, 2.75) is 20.3 Å². The van der Waals surface area contributed by atoms with Crippen LogP contribution in [0.3, 0.4) is 0 Å². The molecule has 0 aromatic heterocycles. The largest absolute Gasteiger partial charge is 0.386 e. The van der Waals surface area contributed by atoms with Crippen molar-refractivity contribution in [1.29, 1.82) is 0 Å². The highest BCUT2D eigenvalue weighted by Gasteiger charge is 2.02. The van der Waals surface area contributed by atoms with Crippen molar-refractivity contribution in [1.82, 2.24) is 0 Å². The third-order valence-electron chi connectivity index (χ3n) is 1.94. The van der Waals surface area contributed by atoms with E-state index in [1.807, 2.05) is 12.1 Å². The summed E-state index contributed by atoms with van der Waals surface area (Å²) in [5.74, 6) is 0.421. The van der Waals surface area contributed by atoms with Crippen LogP contribution in [0.15, 0.2) is 18.2 Å². The Kier molecular flexibility index (Phi) is 3.29. The van der Waals surface area contributed by atoms with Crippen LogP contribution < -0.4 is 5.32 Å². The second-order valence-corrected chi connectivity index (χ2v) is 3.66. The first-order valence-corrected chi connectivity index (χ1v) is 4.59. The van der Waals surface area contributed by atoms with E-state index in [0.717, 1.165) is 6.42 Å². The van der Waals surface area contributed by atoms with Crippen LogP contribution in [0.25, 0.3) is 0 Å². The Morgan fingerprint density at radius 1 is 1.38 bits per heavy atom. The monoisotopic (exact) mass is 181 g/mol. The standard InChI is InChI=1S/C11H16FN/c1-8(2)6-9-4-5-10(12)11(7-9)13-3/h4-5,7-8,13H,6H2,1-3H3. The van der Waals surface area contributed by atoms with Crippen molar-refractivity contribution in [2.24, 2.45) is 5.92 Å². The van der Waals surface area contributed by atoms with Crippen molar-refractivity contribution in [2.75, 3.05) is 12.4 Å². The maximum absolute atomic E-state index is 13.0. The van der Waals surface area contributed by atoms with Gasteiger partial charge in [-0.1, -0.05) is 19.9 Å². The summed E-state index contributed by atoms with van der Waals surface area (Å²) in [7, 11) is 1.73. The fourth-order valence-corrected chi connectivity index (χ4v) is 1.36. The molecule has 0 aliphatic rings. The number of hydrogen-bond acceptors (Lipinski definition) is 1. The van der Waals surface area contributed by atoms with Crippen molar-refractivity contribution in [3.63, 3.8) is 0 Å². The van der Waals surface area contributed by atoms with Gasteiger partial charge < -0.3 is 5.32 Å². The summed E-state index contributed by atoms with van der Waals surface area (Å²) in [6.45, 7) is 4.31. The SMILES string of the molecule is CNc1cc(CC(C)C)ccc1F. The van der Waals surface area contributed by atoms with Crippen LogP contribution in [0.5, 0.6) is 0 Å². The predicted molar refractivity (Wildman–Crippen MR) is 54.5 cm³/mol. The van der Waals surface area contributed by atoms with E-state index in [4.69, 9.17) is 0 Å². The quantitative estimate of drug-likeness (QED) is 0.755. The molecule has 13 heavy (non-hydrogen) atoms.